The first-order valence-electron chi connectivity index (χ1n) is 14.0. The molecule has 45 heavy (non-hydrogen) atoms. The van der Waals surface area contributed by atoms with Crippen LogP contribution in [0, 0.1) is 10.1 Å². The van der Waals surface area contributed by atoms with Crippen LogP contribution in [0.1, 0.15) is 21.5 Å². The number of nitro groups is 1. The van der Waals surface area contributed by atoms with Crippen molar-refractivity contribution in [2.24, 2.45) is 5.10 Å². The third-order valence-electron chi connectivity index (χ3n) is 7.18. The molecule has 0 atom stereocenters. The number of nitrogens with zero attached hydrogens (tertiary/aromatic N) is 4. The Morgan fingerprint density at radius 3 is 2.40 bits per heavy atom. The maximum absolute atomic E-state index is 14.0. The van der Waals surface area contributed by atoms with Crippen molar-refractivity contribution >= 4 is 39.2 Å². The van der Waals surface area contributed by atoms with Gasteiger partial charge in [0.25, 0.3) is 21.6 Å². The van der Waals surface area contributed by atoms with Crippen molar-refractivity contribution in [1.29, 1.82) is 0 Å². The van der Waals surface area contributed by atoms with Crippen LogP contribution in [0.3, 0.4) is 0 Å². The predicted octanol–water partition coefficient (Wildman–Crippen LogP) is 4.60. The van der Waals surface area contributed by atoms with Crippen LogP contribution in [-0.2, 0) is 21.3 Å². The van der Waals surface area contributed by atoms with Gasteiger partial charge < -0.3 is 14.4 Å². The Morgan fingerprint density at radius 2 is 1.71 bits per heavy atom. The molecule has 1 aliphatic heterocycles. The summed E-state index contributed by atoms with van der Waals surface area (Å²) in [5.41, 5.74) is 4.42. The standard InChI is InChI=1S/C32H31N5O7S/c1-43-27-12-14-28(15-13-27)45(41,42)36(23-24-7-3-2-4-8-24)31-10-6-5-9-29(31)32(38)34-33-22-25-21-26(37(39)40)11-16-30(25)35-17-19-44-20-18-35/h2-16,21-22H,17-20,23H2,1H3,(H,34,38)/b33-22-. The predicted molar refractivity (Wildman–Crippen MR) is 170 cm³/mol. The van der Waals surface area contributed by atoms with E-state index >= 15 is 0 Å². The fourth-order valence-corrected chi connectivity index (χ4v) is 6.35. The van der Waals surface area contributed by atoms with Crippen LogP contribution in [0.2, 0.25) is 0 Å². The molecule has 5 rings (SSSR count). The third kappa shape index (κ3) is 7.28. The zero-order valence-electron chi connectivity index (χ0n) is 24.4. The highest BCUT2D eigenvalue weighted by Gasteiger charge is 2.29. The summed E-state index contributed by atoms with van der Waals surface area (Å²) in [5, 5.41) is 15.6. The minimum atomic E-state index is -4.15. The van der Waals surface area contributed by atoms with Crippen LogP contribution in [0.15, 0.2) is 107 Å². The molecule has 1 aliphatic rings. The van der Waals surface area contributed by atoms with Crippen LogP contribution in [0.4, 0.5) is 17.1 Å². The second-order valence-corrected chi connectivity index (χ2v) is 11.9. The van der Waals surface area contributed by atoms with Gasteiger partial charge in [0.1, 0.15) is 5.75 Å². The van der Waals surface area contributed by atoms with Gasteiger partial charge in [-0.2, -0.15) is 5.10 Å². The number of para-hydroxylation sites is 1. The zero-order chi connectivity index (χ0) is 31.8. The quantitative estimate of drug-likeness (QED) is 0.144. The molecule has 0 bridgehead atoms. The number of sulfonamides is 1. The van der Waals surface area contributed by atoms with Crippen LogP contribution in [0.5, 0.6) is 5.75 Å². The summed E-state index contributed by atoms with van der Waals surface area (Å²) < 4.78 is 39.9. The molecule has 1 amide bonds. The van der Waals surface area contributed by atoms with E-state index in [9.17, 15) is 23.3 Å². The summed E-state index contributed by atoms with van der Waals surface area (Å²) in [6.45, 7) is 2.18. The number of hydrazone groups is 1. The number of ether oxygens (including phenoxy) is 2. The number of hydrogen-bond acceptors (Lipinski definition) is 9. The lowest BCUT2D eigenvalue weighted by Gasteiger charge is -2.29. The van der Waals surface area contributed by atoms with Crippen LogP contribution < -0.4 is 19.4 Å². The van der Waals surface area contributed by atoms with Gasteiger partial charge in [-0.15, -0.1) is 0 Å². The highest BCUT2D eigenvalue weighted by molar-refractivity contribution is 7.92. The molecule has 1 heterocycles. The maximum Gasteiger partial charge on any atom is 0.273 e. The van der Waals surface area contributed by atoms with Gasteiger partial charge in [0.05, 0.1) is 54.2 Å². The molecule has 0 radical (unpaired) electrons. The highest BCUT2D eigenvalue weighted by Crippen LogP contribution is 2.30. The zero-order valence-corrected chi connectivity index (χ0v) is 25.2. The number of anilines is 2. The molecule has 1 saturated heterocycles. The minimum absolute atomic E-state index is 0.0220. The van der Waals surface area contributed by atoms with E-state index < -0.39 is 20.9 Å². The Balaban J connectivity index is 1.47. The third-order valence-corrected chi connectivity index (χ3v) is 8.95. The molecule has 232 valence electrons. The van der Waals surface area contributed by atoms with Crippen molar-refractivity contribution in [2.45, 2.75) is 11.4 Å². The second kappa shape index (κ2) is 14.0. The normalized spacial score (nSPS) is 13.4. The summed E-state index contributed by atoms with van der Waals surface area (Å²) in [6.07, 6.45) is 1.34. The van der Waals surface area contributed by atoms with Gasteiger partial charge in [-0.25, -0.2) is 13.8 Å². The molecule has 0 unspecified atom stereocenters. The van der Waals surface area contributed by atoms with Crippen molar-refractivity contribution in [2.75, 3.05) is 42.6 Å². The summed E-state index contributed by atoms with van der Waals surface area (Å²) in [6, 6.07) is 25.8. The van der Waals surface area contributed by atoms with Gasteiger partial charge >= 0.3 is 0 Å². The molecular formula is C32H31N5O7S. The van der Waals surface area contributed by atoms with Gasteiger partial charge in [-0.1, -0.05) is 42.5 Å². The maximum atomic E-state index is 14.0. The van der Waals surface area contributed by atoms with Crippen molar-refractivity contribution < 1.29 is 27.6 Å². The number of hydrogen-bond donors (Lipinski definition) is 1. The molecule has 0 aromatic heterocycles. The fourth-order valence-electron chi connectivity index (χ4n) is 4.88. The molecule has 0 saturated carbocycles. The molecule has 13 heteroatoms. The van der Waals surface area contributed by atoms with Gasteiger partial charge in [-0.3, -0.25) is 19.2 Å². The summed E-state index contributed by atoms with van der Waals surface area (Å²) in [5.74, 6) is -0.162. The van der Waals surface area contributed by atoms with Crippen molar-refractivity contribution in [3.8, 4) is 5.75 Å². The van der Waals surface area contributed by atoms with Crippen molar-refractivity contribution in [3.63, 3.8) is 0 Å². The van der Waals surface area contributed by atoms with E-state index in [0.717, 1.165) is 0 Å². The Hall–Kier alpha value is -5.27. The minimum Gasteiger partial charge on any atom is -0.497 e. The van der Waals surface area contributed by atoms with Gasteiger partial charge in [0.2, 0.25) is 0 Å². The number of morpholine rings is 1. The molecule has 12 nitrogen and oxygen atoms in total. The molecule has 4 aromatic carbocycles. The van der Waals surface area contributed by atoms with Crippen LogP contribution >= 0.6 is 0 Å². The van der Waals surface area contributed by atoms with Gasteiger partial charge in [0.15, 0.2) is 0 Å². The smallest absolute Gasteiger partial charge is 0.273 e. The SMILES string of the molecule is COc1ccc(S(=O)(=O)N(Cc2ccccc2)c2ccccc2C(=O)N/N=C\c2cc([N+](=O)[O-])ccc2N2CCOCC2)cc1. The molecule has 1 fully saturated rings. The van der Waals surface area contributed by atoms with E-state index in [2.05, 4.69) is 10.5 Å². The number of benzene rings is 4. The Bertz CT molecular complexity index is 1790. The van der Waals surface area contributed by atoms with E-state index in [1.54, 1.807) is 60.7 Å². The lowest BCUT2D eigenvalue weighted by atomic mass is 10.1. The number of carbonyl (C=O) groups is 1. The van der Waals surface area contributed by atoms with Crippen LogP contribution in [-0.4, -0.2) is 58.9 Å². The van der Waals surface area contributed by atoms with Crippen LogP contribution in [0.25, 0.3) is 0 Å². The first kappa shape index (κ1) is 31.2. The summed E-state index contributed by atoms with van der Waals surface area (Å²) in [7, 11) is -2.66. The number of methoxy groups -OCH3 is 1. The average molecular weight is 630 g/mol. The molecule has 0 aliphatic carbocycles. The number of rotatable bonds is 11. The number of carbonyl (C=O) groups excluding carboxylic acids is 1. The second-order valence-electron chi connectivity index (χ2n) is 9.99. The fraction of sp³-hybridized carbons (Fsp3) is 0.188. The number of non-ortho nitro benzene ring substituents is 1. The lowest BCUT2D eigenvalue weighted by Crippen LogP contribution is -2.36. The first-order chi connectivity index (χ1) is 21.8. The first-order valence-corrected chi connectivity index (χ1v) is 15.5. The largest absolute Gasteiger partial charge is 0.497 e. The highest BCUT2D eigenvalue weighted by atomic mass is 32.2. The number of amides is 1. The Kier molecular flexibility index (Phi) is 9.70. The number of nitro benzene ring substituents is 1. The Morgan fingerprint density at radius 1 is 1.02 bits per heavy atom. The van der Waals surface area contributed by atoms with E-state index in [0.29, 0.717) is 48.9 Å². The van der Waals surface area contributed by atoms with Crippen molar-refractivity contribution in [3.05, 3.63) is 124 Å². The summed E-state index contributed by atoms with van der Waals surface area (Å²) in [4.78, 5) is 26.5. The lowest BCUT2D eigenvalue weighted by molar-refractivity contribution is -0.384. The van der Waals surface area contributed by atoms with Crippen molar-refractivity contribution in [1.82, 2.24) is 5.43 Å². The van der Waals surface area contributed by atoms with Gasteiger partial charge in [0, 0.05) is 36.5 Å². The molecular weight excluding hydrogens is 598 g/mol. The topological polar surface area (TPSA) is 144 Å². The van der Waals surface area contributed by atoms with Gasteiger partial charge in [-0.05, 0) is 48.0 Å². The summed E-state index contributed by atoms with van der Waals surface area (Å²) >= 11 is 0. The molecule has 0 spiro atoms. The molecule has 1 N–H and O–H groups in total. The average Bonchev–Trinajstić information content (AvgIpc) is 3.08. The van der Waals surface area contributed by atoms with E-state index in [-0.39, 0.29) is 28.4 Å². The van der Waals surface area contributed by atoms with E-state index in [1.807, 2.05) is 11.0 Å². The molecule has 4 aromatic rings. The monoisotopic (exact) mass is 629 g/mol. The Labute approximate surface area is 260 Å². The van der Waals surface area contributed by atoms with E-state index in [4.69, 9.17) is 9.47 Å². The number of nitrogens with one attached hydrogen (secondary N) is 1. The van der Waals surface area contributed by atoms with E-state index in [1.165, 1.54) is 48.0 Å².